The number of hydrogen-bond donors (Lipinski definition) is 1. The molecule has 0 amide bonds. The van der Waals surface area contributed by atoms with Gasteiger partial charge in [0, 0.05) is 18.1 Å². The Hall–Kier alpha value is -0.0800. The fraction of sp³-hybridized carbons (Fsp3) is 1.00. The van der Waals surface area contributed by atoms with Gasteiger partial charge in [0.15, 0.2) is 0 Å². The van der Waals surface area contributed by atoms with Crippen molar-refractivity contribution in [2.45, 2.75) is 64.1 Å². The van der Waals surface area contributed by atoms with E-state index >= 15 is 0 Å². The third kappa shape index (κ3) is 2.12. The number of hydrogen-bond acceptors (Lipinski definition) is 2. The van der Waals surface area contributed by atoms with Crippen molar-refractivity contribution < 1.29 is 0 Å². The van der Waals surface area contributed by atoms with E-state index < -0.39 is 0 Å². The van der Waals surface area contributed by atoms with Gasteiger partial charge in [0.05, 0.1) is 0 Å². The van der Waals surface area contributed by atoms with Gasteiger partial charge in [0.2, 0.25) is 0 Å². The van der Waals surface area contributed by atoms with Crippen molar-refractivity contribution in [2.24, 2.45) is 0 Å². The third-order valence-electron chi connectivity index (χ3n) is 3.99. The second-order valence-electron chi connectivity index (χ2n) is 5.06. The van der Waals surface area contributed by atoms with Gasteiger partial charge in [-0.2, -0.15) is 0 Å². The molecule has 0 spiro atoms. The highest BCUT2D eigenvalue weighted by Gasteiger charge is 2.31. The monoisotopic (exact) mass is 196 g/mol. The summed E-state index contributed by atoms with van der Waals surface area (Å²) in [4.78, 5) is 2.80. The van der Waals surface area contributed by atoms with E-state index in [1.54, 1.807) is 0 Å². The SMILES string of the molecule is CC1CCCC(C)N1C1CCNCC1. The van der Waals surface area contributed by atoms with Crippen molar-refractivity contribution in [3.8, 4) is 0 Å². The summed E-state index contributed by atoms with van der Waals surface area (Å²) in [6, 6.07) is 2.50. The molecule has 2 saturated heterocycles. The molecule has 2 aliphatic heterocycles. The van der Waals surface area contributed by atoms with E-state index in [0.717, 1.165) is 18.1 Å². The normalized spacial score (nSPS) is 37.3. The van der Waals surface area contributed by atoms with Crippen molar-refractivity contribution in [2.75, 3.05) is 13.1 Å². The van der Waals surface area contributed by atoms with Crippen LogP contribution in [0.4, 0.5) is 0 Å². The largest absolute Gasteiger partial charge is 0.317 e. The molecule has 2 fully saturated rings. The molecule has 82 valence electrons. The van der Waals surface area contributed by atoms with E-state index in [1.165, 1.54) is 45.2 Å². The van der Waals surface area contributed by atoms with Gasteiger partial charge in [-0.3, -0.25) is 4.90 Å². The van der Waals surface area contributed by atoms with Gasteiger partial charge in [-0.15, -0.1) is 0 Å². The smallest absolute Gasteiger partial charge is 0.0125 e. The van der Waals surface area contributed by atoms with E-state index in [2.05, 4.69) is 24.1 Å². The average molecular weight is 196 g/mol. The molecule has 0 aromatic rings. The average Bonchev–Trinajstić information content (AvgIpc) is 2.19. The van der Waals surface area contributed by atoms with Crippen LogP contribution in [-0.4, -0.2) is 36.1 Å². The van der Waals surface area contributed by atoms with Gasteiger partial charge >= 0.3 is 0 Å². The highest BCUT2D eigenvalue weighted by Crippen LogP contribution is 2.27. The van der Waals surface area contributed by atoms with Gasteiger partial charge in [-0.25, -0.2) is 0 Å². The topological polar surface area (TPSA) is 15.3 Å². The van der Waals surface area contributed by atoms with Crippen molar-refractivity contribution in [1.82, 2.24) is 10.2 Å². The predicted molar refractivity (Wildman–Crippen MR) is 60.5 cm³/mol. The Morgan fingerprint density at radius 1 is 0.929 bits per heavy atom. The maximum absolute atomic E-state index is 3.46. The molecule has 2 rings (SSSR count). The minimum absolute atomic E-state index is 0.821. The summed E-state index contributed by atoms with van der Waals surface area (Å²) < 4.78 is 0. The van der Waals surface area contributed by atoms with Crippen molar-refractivity contribution >= 4 is 0 Å². The molecule has 0 radical (unpaired) electrons. The first-order valence-electron chi connectivity index (χ1n) is 6.27. The molecule has 2 aliphatic rings. The van der Waals surface area contributed by atoms with E-state index in [1.807, 2.05) is 0 Å². The quantitative estimate of drug-likeness (QED) is 0.690. The standard InChI is InChI=1S/C12H24N2/c1-10-4-3-5-11(2)14(10)12-6-8-13-9-7-12/h10-13H,3-9H2,1-2H3. The predicted octanol–water partition coefficient (Wildman–Crippen LogP) is 2.00. The lowest BCUT2D eigenvalue weighted by atomic mass is 9.92. The van der Waals surface area contributed by atoms with E-state index in [0.29, 0.717) is 0 Å². The number of piperidine rings is 2. The van der Waals surface area contributed by atoms with Gasteiger partial charge in [-0.05, 0) is 52.6 Å². The lowest BCUT2D eigenvalue weighted by Crippen LogP contribution is -2.52. The molecule has 0 aliphatic carbocycles. The van der Waals surface area contributed by atoms with Gasteiger partial charge in [0.1, 0.15) is 0 Å². The molecule has 1 N–H and O–H groups in total. The van der Waals surface area contributed by atoms with Crippen LogP contribution in [0.5, 0.6) is 0 Å². The lowest BCUT2D eigenvalue weighted by molar-refractivity contribution is 0.0406. The van der Waals surface area contributed by atoms with Crippen LogP contribution in [0.25, 0.3) is 0 Å². The van der Waals surface area contributed by atoms with Crippen LogP contribution >= 0.6 is 0 Å². The molecule has 2 unspecified atom stereocenters. The van der Waals surface area contributed by atoms with Crippen LogP contribution in [0.2, 0.25) is 0 Å². The van der Waals surface area contributed by atoms with Gasteiger partial charge in [0.25, 0.3) is 0 Å². The van der Waals surface area contributed by atoms with E-state index in [-0.39, 0.29) is 0 Å². The molecule has 0 saturated carbocycles. The van der Waals surface area contributed by atoms with Crippen LogP contribution in [0.15, 0.2) is 0 Å². The Morgan fingerprint density at radius 2 is 1.50 bits per heavy atom. The summed E-state index contributed by atoms with van der Waals surface area (Å²) in [5.41, 5.74) is 0. The Kier molecular flexibility index (Phi) is 3.45. The van der Waals surface area contributed by atoms with Crippen LogP contribution in [0.1, 0.15) is 46.0 Å². The van der Waals surface area contributed by atoms with E-state index in [4.69, 9.17) is 0 Å². The molecule has 2 atom stereocenters. The number of nitrogens with one attached hydrogen (secondary N) is 1. The molecule has 2 nitrogen and oxygen atoms in total. The van der Waals surface area contributed by atoms with E-state index in [9.17, 15) is 0 Å². The lowest BCUT2D eigenvalue weighted by Gasteiger charge is -2.45. The molecule has 0 aromatic heterocycles. The van der Waals surface area contributed by atoms with Gasteiger partial charge < -0.3 is 5.32 Å². The summed E-state index contributed by atoms with van der Waals surface area (Å²) in [6.45, 7) is 7.27. The second kappa shape index (κ2) is 4.63. The Morgan fingerprint density at radius 3 is 2.07 bits per heavy atom. The third-order valence-corrected chi connectivity index (χ3v) is 3.99. The zero-order valence-corrected chi connectivity index (χ0v) is 9.63. The van der Waals surface area contributed by atoms with Crippen LogP contribution in [-0.2, 0) is 0 Å². The van der Waals surface area contributed by atoms with Crippen molar-refractivity contribution in [1.29, 1.82) is 0 Å². The molecule has 14 heavy (non-hydrogen) atoms. The summed E-state index contributed by atoms with van der Waals surface area (Å²) in [7, 11) is 0. The molecule has 0 aromatic carbocycles. The fourth-order valence-corrected chi connectivity index (χ4v) is 3.27. The maximum Gasteiger partial charge on any atom is 0.0125 e. The van der Waals surface area contributed by atoms with Crippen LogP contribution < -0.4 is 5.32 Å². The highest BCUT2D eigenvalue weighted by atomic mass is 15.2. The number of nitrogens with zero attached hydrogens (tertiary/aromatic N) is 1. The van der Waals surface area contributed by atoms with Crippen molar-refractivity contribution in [3.05, 3.63) is 0 Å². The minimum Gasteiger partial charge on any atom is -0.317 e. The van der Waals surface area contributed by atoms with Crippen LogP contribution in [0, 0.1) is 0 Å². The fourth-order valence-electron chi connectivity index (χ4n) is 3.27. The first-order chi connectivity index (χ1) is 6.79. The summed E-state index contributed by atoms with van der Waals surface area (Å²) in [6.07, 6.45) is 6.97. The summed E-state index contributed by atoms with van der Waals surface area (Å²) in [5, 5.41) is 3.46. The Labute approximate surface area is 88.1 Å². The zero-order valence-electron chi connectivity index (χ0n) is 9.63. The summed E-state index contributed by atoms with van der Waals surface area (Å²) >= 11 is 0. The first-order valence-corrected chi connectivity index (χ1v) is 6.27. The number of rotatable bonds is 1. The Balaban J connectivity index is 1.97. The molecular formula is C12H24N2. The zero-order chi connectivity index (χ0) is 9.97. The molecular weight excluding hydrogens is 172 g/mol. The van der Waals surface area contributed by atoms with Crippen molar-refractivity contribution in [3.63, 3.8) is 0 Å². The second-order valence-corrected chi connectivity index (χ2v) is 5.06. The summed E-state index contributed by atoms with van der Waals surface area (Å²) in [5.74, 6) is 0. The maximum atomic E-state index is 3.46. The molecule has 0 bridgehead atoms. The first kappa shape index (κ1) is 10.4. The van der Waals surface area contributed by atoms with Gasteiger partial charge in [-0.1, -0.05) is 6.42 Å². The Bertz CT molecular complexity index is 165. The molecule has 2 heteroatoms. The molecule has 2 heterocycles. The minimum atomic E-state index is 0.821. The number of likely N-dealkylation sites (tertiary alicyclic amines) is 1. The highest BCUT2D eigenvalue weighted by molar-refractivity contribution is 4.87. The van der Waals surface area contributed by atoms with Crippen LogP contribution in [0.3, 0.4) is 0 Å².